The van der Waals surface area contributed by atoms with Crippen molar-refractivity contribution in [2.24, 2.45) is 0 Å². The summed E-state index contributed by atoms with van der Waals surface area (Å²) in [7, 11) is 0. The number of nitrogens with zero attached hydrogens (tertiary/aromatic N) is 3. The van der Waals surface area contributed by atoms with Gasteiger partial charge in [0.15, 0.2) is 5.78 Å². The predicted octanol–water partition coefficient (Wildman–Crippen LogP) is 4.40. The third-order valence-corrected chi connectivity index (χ3v) is 5.37. The van der Waals surface area contributed by atoms with Crippen molar-refractivity contribution >= 4 is 28.3 Å². The summed E-state index contributed by atoms with van der Waals surface area (Å²) in [5, 5.41) is 15.9. The van der Waals surface area contributed by atoms with Gasteiger partial charge >= 0.3 is 5.97 Å². The van der Waals surface area contributed by atoms with Crippen LogP contribution in [0.15, 0.2) is 60.7 Å². The van der Waals surface area contributed by atoms with Crippen LogP contribution in [0.4, 0.5) is 5.69 Å². The largest absolute Gasteiger partial charge is 0.402 e. The molecular formula is C23H15N3O5. The van der Waals surface area contributed by atoms with Gasteiger partial charge < -0.3 is 4.74 Å². The lowest BCUT2D eigenvalue weighted by molar-refractivity contribution is -0.384. The van der Waals surface area contributed by atoms with Gasteiger partial charge in [0.25, 0.3) is 5.69 Å². The van der Waals surface area contributed by atoms with E-state index in [2.05, 4.69) is 5.10 Å². The van der Waals surface area contributed by atoms with Crippen LogP contribution in [0.25, 0.3) is 22.0 Å². The fourth-order valence-corrected chi connectivity index (χ4v) is 3.96. The van der Waals surface area contributed by atoms with Gasteiger partial charge in [0.05, 0.1) is 21.4 Å². The summed E-state index contributed by atoms with van der Waals surface area (Å²) in [4.78, 5) is 36.5. The highest BCUT2D eigenvalue weighted by Gasteiger charge is 2.31. The van der Waals surface area contributed by atoms with E-state index in [1.54, 1.807) is 53.2 Å². The molecule has 1 aliphatic carbocycles. The zero-order valence-electron chi connectivity index (χ0n) is 16.4. The average molecular weight is 413 g/mol. The number of carbonyl (C=O) groups is 2. The number of rotatable bonds is 4. The van der Waals surface area contributed by atoms with Crippen LogP contribution in [0, 0.1) is 10.1 Å². The second-order valence-electron chi connectivity index (χ2n) is 7.07. The van der Waals surface area contributed by atoms with E-state index >= 15 is 0 Å². The lowest BCUT2D eigenvalue weighted by atomic mass is 9.99. The Kier molecular flexibility index (Phi) is 4.14. The highest BCUT2D eigenvalue weighted by Crippen LogP contribution is 2.39. The molecule has 1 heterocycles. The Labute approximate surface area is 175 Å². The number of hydrogen-bond acceptors (Lipinski definition) is 6. The van der Waals surface area contributed by atoms with E-state index in [9.17, 15) is 19.7 Å². The summed E-state index contributed by atoms with van der Waals surface area (Å²) >= 11 is 0. The van der Waals surface area contributed by atoms with Crippen molar-refractivity contribution in [1.82, 2.24) is 9.78 Å². The molecule has 0 radical (unpaired) electrons. The van der Waals surface area contributed by atoms with Gasteiger partial charge in [0.1, 0.15) is 0 Å². The zero-order valence-corrected chi connectivity index (χ0v) is 16.4. The van der Waals surface area contributed by atoms with Crippen molar-refractivity contribution in [2.75, 3.05) is 0 Å². The molecule has 4 aromatic rings. The molecule has 1 aliphatic rings. The van der Waals surface area contributed by atoms with Crippen molar-refractivity contribution in [3.05, 3.63) is 87.5 Å². The van der Waals surface area contributed by atoms with E-state index in [1.807, 2.05) is 6.92 Å². The molecule has 0 bridgehead atoms. The summed E-state index contributed by atoms with van der Waals surface area (Å²) in [5.74, 6) is -0.840. The number of carbonyl (C=O) groups excluding carboxylic acids is 2. The van der Waals surface area contributed by atoms with E-state index < -0.39 is 10.9 Å². The predicted molar refractivity (Wildman–Crippen MR) is 112 cm³/mol. The first-order valence-electron chi connectivity index (χ1n) is 9.64. The first-order chi connectivity index (χ1) is 15.0. The topological polar surface area (TPSA) is 104 Å². The Balaban J connectivity index is 1.61. The number of aryl methyl sites for hydroxylation is 1. The van der Waals surface area contributed by atoms with Gasteiger partial charge in [0.2, 0.25) is 5.88 Å². The normalized spacial score (nSPS) is 12.0. The molecule has 152 valence electrons. The van der Waals surface area contributed by atoms with Crippen molar-refractivity contribution in [2.45, 2.75) is 13.5 Å². The number of nitro benzene ring substituents is 1. The summed E-state index contributed by atoms with van der Waals surface area (Å²) in [6.07, 6.45) is 0. The Morgan fingerprint density at radius 3 is 2.55 bits per heavy atom. The van der Waals surface area contributed by atoms with Crippen molar-refractivity contribution in [3.8, 4) is 17.0 Å². The van der Waals surface area contributed by atoms with Gasteiger partial charge in [-0.3, -0.25) is 19.6 Å². The molecule has 3 aromatic carbocycles. The number of aromatic nitrogens is 2. The van der Waals surface area contributed by atoms with E-state index in [-0.39, 0.29) is 22.9 Å². The van der Waals surface area contributed by atoms with Gasteiger partial charge in [-0.25, -0.2) is 4.79 Å². The minimum atomic E-state index is -0.685. The van der Waals surface area contributed by atoms with Gasteiger partial charge in [-0.2, -0.15) is 0 Å². The molecule has 0 fully saturated rings. The zero-order chi connectivity index (χ0) is 21.7. The SMILES string of the molecule is CCn1nc(OC(=O)c2cccc3c2-c2ccccc2C3=O)c2cc([N+](=O)[O-])ccc21. The maximum absolute atomic E-state index is 13.1. The number of ketones is 1. The third kappa shape index (κ3) is 2.80. The standard InChI is InChI=1S/C23H15N3O5/c1-2-25-19-11-10-13(26(29)30)12-18(19)22(24-25)31-23(28)17-9-5-8-16-20(17)14-6-3-4-7-15(14)21(16)27/h3-12H,2H2,1H3. The van der Waals surface area contributed by atoms with E-state index in [1.165, 1.54) is 12.1 Å². The maximum atomic E-state index is 13.1. The molecular weight excluding hydrogens is 398 g/mol. The number of non-ortho nitro benzene ring substituents is 1. The van der Waals surface area contributed by atoms with Crippen LogP contribution >= 0.6 is 0 Å². The lowest BCUT2D eigenvalue weighted by Crippen LogP contribution is -2.11. The molecule has 5 rings (SSSR count). The molecule has 0 amide bonds. The maximum Gasteiger partial charge on any atom is 0.345 e. The minimum Gasteiger partial charge on any atom is -0.402 e. The van der Waals surface area contributed by atoms with Crippen LogP contribution in [-0.4, -0.2) is 26.5 Å². The minimum absolute atomic E-state index is 0.0132. The lowest BCUT2D eigenvalue weighted by Gasteiger charge is -2.08. The quantitative estimate of drug-likeness (QED) is 0.246. The Morgan fingerprint density at radius 1 is 1.06 bits per heavy atom. The van der Waals surface area contributed by atoms with Crippen LogP contribution in [0.2, 0.25) is 0 Å². The fraction of sp³-hybridized carbons (Fsp3) is 0.0870. The van der Waals surface area contributed by atoms with E-state index in [0.717, 1.165) is 0 Å². The molecule has 0 saturated heterocycles. The average Bonchev–Trinajstić information content (AvgIpc) is 3.29. The molecule has 0 N–H and O–H groups in total. The van der Waals surface area contributed by atoms with Crippen molar-refractivity contribution in [3.63, 3.8) is 0 Å². The number of ether oxygens (including phenoxy) is 1. The summed E-state index contributed by atoms with van der Waals surface area (Å²) in [5.41, 5.74) is 2.91. The van der Waals surface area contributed by atoms with Gasteiger partial charge in [-0.15, -0.1) is 5.10 Å². The number of benzene rings is 3. The van der Waals surface area contributed by atoms with Crippen molar-refractivity contribution in [1.29, 1.82) is 0 Å². The highest BCUT2D eigenvalue weighted by atomic mass is 16.6. The van der Waals surface area contributed by atoms with Crippen LogP contribution in [0.5, 0.6) is 5.88 Å². The third-order valence-electron chi connectivity index (χ3n) is 5.37. The molecule has 0 spiro atoms. The number of hydrogen-bond donors (Lipinski definition) is 0. The molecule has 8 nitrogen and oxygen atoms in total. The number of nitro groups is 1. The summed E-state index contributed by atoms with van der Waals surface area (Å²) in [6.45, 7) is 2.36. The second kappa shape index (κ2) is 6.88. The number of esters is 1. The summed E-state index contributed by atoms with van der Waals surface area (Å²) in [6, 6.07) is 16.3. The van der Waals surface area contributed by atoms with Crippen LogP contribution in [0.3, 0.4) is 0 Å². The van der Waals surface area contributed by atoms with Crippen LogP contribution < -0.4 is 4.74 Å². The smallest absolute Gasteiger partial charge is 0.345 e. The monoisotopic (exact) mass is 413 g/mol. The van der Waals surface area contributed by atoms with E-state index in [0.29, 0.717) is 39.7 Å². The van der Waals surface area contributed by atoms with Crippen molar-refractivity contribution < 1.29 is 19.2 Å². The molecule has 0 atom stereocenters. The summed E-state index contributed by atoms with van der Waals surface area (Å²) < 4.78 is 7.21. The molecule has 0 saturated carbocycles. The Bertz CT molecular complexity index is 1420. The van der Waals surface area contributed by atoms with Gasteiger partial charge in [-0.1, -0.05) is 36.4 Å². The first kappa shape index (κ1) is 18.7. The van der Waals surface area contributed by atoms with Crippen LogP contribution in [-0.2, 0) is 6.54 Å². The molecule has 0 unspecified atom stereocenters. The van der Waals surface area contributed by atoms with Crippen LogP contribution in [0.1, 0.15) is 33.2 Å². The number of fused-ring (bicyclic) bond motifs is 4. The van der Waals surface area contributed by atoms with E-state index in [4.69, 9.17) is 4.74 Å². The Morgan fingerprint density at radius 2 is 1.81 bits per heavy atom. The first-order valence-corrected chi connectivity index (χ1v) is 9.64. The molecule has 0 aliphatic heterocycles. The second-order valence-corrected chi connectivity index (χ2v) is 7.07. The Hall–Kier alpha value is -4.33. The molecule has 31 heavy (non-hydrogen) atoms. The highest BCUT2D eigenvalue weighted by molar-refractivity contribution is 6.24. The fourth-order valence-electron chi connectivity index (χ4n) is 3.96. The molecule has 8 heteroatoms. The molecule has 1 aromatic heterocycles. The van der Waals surface area contributed by atoms with Gasteiger partial charge in [-0.05, 0) is 24.6 Å². The van der Waals surface area contributed by atoms with Gasteiger partial charge in [0, 0.05) is 35.4 Å².